The van der Waals surface area contributed by atoms with Crippen LogP contribution in [-0.4, -0.2) is 5.84 Å². The summed E-state index contributed by atoms with van der Waals surface area (Å²) < 4.78 is 9.32. The predicted molar refractivity (Wildman–Crippen MR) is 201 cm³/mol. The van der Waals surface area contributed by atoms with Crippen molar-refractivity contribution in [2.45, 2.75) is 12.3 Å². The standard InChI is InChI=1S/C43H29N3OS/c1-3-11-26(12-4-1)41-44-42(27-13-5-2-6-14-27)46-43(45-41)35-22-31(30-19-20-33-32-17-9-10-18-38(32)48-39(33)25-30)24-37-40(35)34-21-28-15-7-8-16-29(28)23-36(34)47-37/h1-25,41,43,45H,(H,44,46). The number of thiophene rings is 1. The topological polar surface area (TPSA) is 49.6 Å². The fourth-order valence-electron chi connectivity index (χ4n) is 7.19. The minimum Gasteiger partial charge on any atom is -0.456 e. The highest BCUT2D eigenvalue weighted by molar-refractivity contribution is 7.25. The van der Waals surface area contributed by atoms with Gasteiger partial charge in [0.1, 0.15) is 29.3 Å². The van der Waals surface area contributed by atoms with Crippen molar-refractivity contribution in [2.24, 2.45) is 4.99 Å². The summed E-state index contributed by atoms with van der Waals surface area (Å²) in [5, 5.41) is 14.8. The summed E-state index contributed by atoms with van der Waals surface area (Å²) in [5.74, 6) is 0.858. The van der Waals surface area contributed by atoms with E-state index in [4.69, 9.17) is 9.41 Å². The van der Waals surface area contributed by atoms with Gasteiger partial charge in [0.25, 0.3) is 0 Å². The highest BCUT2D eigenvalue weighted by Gasteiger charge is 2.28. The van der Waals surface area contributed by atoms with E-state index in [1.54, 1.807) is 0 Å². The van der Waals surface area contributed by atoms with Gasteiger partial charge < -0.3 is 9.73 Å². The third-order valence-electron chi connectivity index (χ3n) is 9.52. The van der Waals surface area contributed by atoms with Crippen LogP contribution < -0.4 is 10.6 Å². The first kappa shape index (κ1) is 27.4. The third kappa shape index (κ3) is 4.51. The first-order chi connectivity index (χ1) is 23.7. The zero-order valence-electron chi connectivity index (χ0n) is 25.9. The van der Waals surface area contributed by atoms with E-state index in [0.717, 1.165) is 61.0 Å². The first-order valence-electron chi connectivity index (χ1n) is 16.3. The highest BCUT2D eigenvalue weighted by Crippen LogP contribution is 2.42. The van der Waals surface area contributed by atoms with E-state index in [1.807, 2.05) is 23.5 Å². The Labute approximate surface area is 281 Å². The molecule has 228 valence electrons. The number of furan rings is 1. The highest BCUT2D eigenvalue weighted by atomic mass is 32.1. The number of fused-ring (bicyclic) bond motifs is 7. The van der Waals surface area contributed by atoms with Crippen LogP contribution in [0.25, 0.3) is 64.0 Å². The van der Waals surface area contributed by atoms with Crippen molar-refractivity contribution in [1.82, 2.24) is 10.6 Å². The van der Waals surface area contributed by atoms with Crippen molar-refractivity contribution < 1.29 is 4.42 Å². The van der Waals surface area contributed by atoms with Crippen LogP contribution in [0.15, 0.2) is 161 Å². The summed E-state index contributed by atoms with van der Waals surface area (Å²) in [6, 6.07) is 53.8. The monoisotopic (exact) mass is 635 g/mol. The minimum atomic E-state index is -0.245. The first-order valence-corrected chi connectivity index (χ1v) is 17.1. The lowest BCUT2D eigenvalue weighted by Crippen LogP contribution is -2.45. The Morgan fingerprint density at radius 3 is 2.12 bits per heavy atom. The van der Waals surface area contributed by atoms with Gasteiger partial charge in [0.15, 0.2) is 0 Å². The van der Waals surface area contributed by atoms with Gasteiger partial charge in [-0.3, -0.25) is 5.32 Å². The molecule has 9 aromatic rings. The summed E-state index contributed by atoms with van der Waals surface area (Å²) in [7, 11) is 0. The van der Waals surface area contributed by atoms with Gasteiger partial charge in [0, 0.05) is 42.1 Å². The molecule has 1 aliphatic rings. The molecule has 2 aromatic heterocycles. The fourth-order valence-corrected chi connectivity index (χ4v) is 8.34. The van der Waals surface area contributed by atoms with E-state index in [1.165, 1.54) is 25.6 Å². The predicted octanol–water partition coefficient (Wildman–Crippen LogP) is 11.1. The Balaban J connectivity index is 1.20. The quantitative estimate of drug-likeness (QED) is 0.202. The molecule has 0 radical (unpaired) electrons. The largest absolute Gasteiger partial charge is 0.456 e. The van der Waals surface area contributed by atoms with Crippen LogP contribution in [0.2, 0.25) is 0 Å². The van der Waals surface area contributed by atoms with Gasteiger partial charge in [-0.2, -0.15) is 0 Å². The normalized spacial score (nSPS) is 16.5. The zero-order valence-corrected chi connectivity index (χ0v) is 26.7. The molecule has 0 saturated heterocycles. The van der Waals surface area contributed by atoms with Crippen molar-refractivity contribution >= 4 is 70.1 Å². The third-order valence-corrected chi connectivity index (χ3v) is 10.7. The van der Waals surface area contributed by atoms with Gasteiger partial charge in [-0.25, -0.2) is 4.99 Å². The molecular formula is C43H29N3OS. The van der Waals surface area contributed by atoms with E-state index < -0.39 is 0 Å². The van der Waals surface area contributed by atoms with Crippen LogP contribution in [0, 0.1) is 0 Å². The molecule has 2 unspecified atom stereocenters. The molecule has 0 aliphatic carbocycles. The maximum atomic E-state index is 6.73. The molecule has 48 heavy (non-hydrogen) atoms. The molecule has 0 amide bonds. The molecule has 10 rings (SSSR count). The lowest BCUT2D eigenvalue weighted by molar-refractivity contribution is 0.411. The van der Waals surface area contributed by atoms with Crippen molar-refractivity contribution in [2.75, 3.05) is 0 Å². The lowest BCUT2D eigenvalue weighted by Gasteiger charge is -2.32. The Morgan fingerprint density at radius 1 is 0.542 bits per heavy atom. The fraction of sp³-hybridized carbons (Fsp3) is 0.0465. The van der Waals surface area contributed by atoms with Gasteiger partial charge in [-0.15, -0.1) is 11.3 Å². The molecule has 0 spiro atoms. The summed E-state index contributed by atoms with van der Waals surface area (Å²) in [4.78, 5) is 5.18. The molecule has 5 heteroatoms. The van der Waals surface area contributed by atoms with Crippen LogP contribution >= 0.6 is 11.3 Å². The molecule has 1 aliphatic heterocycles. The Morgan fingerprint density at radius 2 is 1.27 bits per heavy atom. The second-order valence-corrected chi connectivity index (χ2v) is 13.5. The van der Waals surface area contributed by atoms with E-state index in [2.05, 4.69) is 150 Å². The maximum Gasteiger partial charge on any atom is 0.136 e. The van der Waals surface area contributed by atoms with E-state index >= 15 is 0 Å². The molecule has 2 atom stereocenters. The van der Waals surface area contributed by atoms with Gasteiger partial charge in [-0.1, -0.05) is 115 Å². The summed E-state index contributed by atoms with van der Waals surface area (Å²) >= 11 is 1.84. The second kappa shape index (κ2) is 10.9. The number of nitrogens with one attached hydrogen (secondary N) is 2. The number of hydrogen-bond acceptors (Lipinski definition) is 5. The van der Waals surface area contributed by atoms with E-state index in [-0.39, 0.29) is 12.3 Å². The molecule has 0 fully saturated rings. The molecule has 0 bridgehead atoms. The minimum absolute atomic E-state index is 0.236. The van der Waals surface area contributed by atoms with Crippen LogP contribution in [0.1, 0.15) is 29.0 Å². The number of aliphatic imine (C=N–C) groups is 1. The Bertz CT molecular complexity index is 2690. The average Bonchev–Trinajstić information content (AvgIpc) is 3.71. The van der Waals surface area contributed by atoms with Crippen LogP contribution in [-0.2, 0) is 0 Å². The lowest BCUT2D eigenvalue weighted by atomic mass is 9.95. The SMILES string of the molecule is c1ccc(C2=NC(c3ccccc3)NC(c3cc(-c4ccc5c(c4)sc4ccccc45)cc4oc5cc6ccccc6cc5c34)N2)cc1. The number of amidine groups is 1. The molecule has 2 N–H and O–H groups in total. The summed E-state index contributed by atoms with van der Waals surface area (Å²) in [6.07, 6.45) is -0.481. The number of benzene rings is 7. The number of nitrogens with zero attached hydrogens (tertiary/aromatic N) is 1. The Kier molecular flexibility index (Phi) is 6.22. The van der Waals surface area contributed by atoms with Gasteiger partial charge in [0.2, 0.25) is 0 Å². The Hall–Kier alpha value is -5.75. The van der Waals surface area contributed by atoms with Crippen LogP contribution in [0.5, 0.6) is 0 Å². The van der Waals surface area contributed by atoms with Crippen molar-refractivity contribution in [3.8, 4) is 11.1 Å². The number of rotatable bonds is 4. The molecule has 4 nitrogen and oxygen atoms in total. The van der Waals surface area contributed by atoms with Crippen LogP contribution in [0.3, 0.4) is 0 Å². The molecular weight excluding hydrogens is 607 g/mol. The molecule has 0 saturated carbocycles. The van der Waals surface area contributed by atoms with Gasteiger partial charge in [0.05, 0.1) is 0 Å². The smallest absolute Gasteiger partial charge is 0.136 e. The second-order valence-electron chi connectivity index (χ2n) is 12.4. The van der Waals surface area contributed by atoms with Crippen molar-refractivity contribution in [3.63, 3.8) is 0 Å². The molecule has 7 aromatic carbocycles. The summed E-state index contributed by atoms with van der Waals surface area (Å²) in [6.45, 7) is 0. The van der Waals surface area contributed by atoms with Crippen molar-refractivity contribution in [3.05, 3.63) is 168 Å². The van der Waals surface area contributed by atoms with Crippen LogP contribution in [0.4, 0.5) is 0 Å². The number of hydrogen-bond donors (Lipinski definition) is 2. The average molecular weight is 636 g/mol. The van der Waals surface area contributed by atoms with Gasteiger partial charge in [-0.05, 0) is 63.9 Å². The maximum absolute atomic E-state index is 6.73. The van der Waals surface area contributed by atoms with E-state index in [0.29, 0.717) is 0 Å². The molecule has 3 heterocycles. The summed E-state index contributed by atoms with van der Waals surface area (Å²) in [5.41, 5.74) is 7.32. The van der Waals surface area contributed by atoms with Crippen molar-refractivity contribution in [1.29, 1.82) is 0 Å². The zero-order chi connectivity index (χ0) is 31.6. The van der Waals surface area contributed by atoms with E-state index in [9.17, 15) is 0 Å². The van der Waals surface area contributed by atoms with Gasteiger partial charge >= 0.3 is 0 Å².